The zero-order valence-corrected chi connectivity index (χ0v) is 19.1. The second-order valence-electron chi connectivity index (χ2n) is 6.97. The van der Waals surface area contributed by atoms with Gasteiger partial charge < -0.3 is 20.1 Å². The normalized spacial score (nSPS) is 10.7. The zero-order chi connectivity index (χ0) is 24.3. The Balaban J connectivity index is 1.56. The molecule has 3 aromatic rings. The number of benzene rings is 3. The minimum absolute atomic E-state index is 0.0540. The highest BCUT2D eigenvalue weighted by atomic mass is 35.5. The molecule has 0 bridgehead atoms. The number of carbonyl (C=O) groups is 2. The number of halogens is 1. The Labute approximate surface area is 202 Å². The second-order valence-corrected chi connectivity index (χ2v) is 7.37. The van der Waals surface area contributed by atoms with Gasteiger partial charge in [0.15, 0.2) is 6.61 Å². The number of nitrogens with zero attached hydrogens (tertiary/aromatic N) is 1. The van der Waals surface area contributed by atoms with Gasteiger partial charge in [-0.3, -0.25) is 9.59 Å². The van der Waals surface area contributed by atoms with Crippen molar-refractivity contribution in [2.45, 2.75) is 6.92 Å². The number of amides is 2. The third kappa shape index (κ3) is 7.12. The van der Waals surface area contributed by atoms with Gasteiger partial charge in [-0.05, 0) is 67.1 Å². The molecule has 0 aliphatic carbocycles. The fraction of sp³-hybridized carbons (Fsp3) is 0.115. The highest BCUT2D eigenvalue weighted by Crippen LogP contribution is 2.21. The van der Waals surface area contributed by atoms with Gasteiger partial charge in [-0.15, -0.1) is 0 Å². The predicted octanol–water partition coefficient (Wildman–Crippen LogP) is 5.30. The molecule has 0 spiro atoms. The molecule has 2 amide bonds. The van der Waals surface area contributed by atoms with Crippen molar-refractivity contribution in [3.63, 3.8) is 0 Å². The van der Waals surface area contributed by atoms with E-state index in [-0.39, 0.29) is 18.1 Å². The molecule has 34 heavy (non-hydrogen) atoms. The van der Waals surface area contributed by atoms with E-state index < -0.39 is 5.91 Å². The quantitative estimate of drug-likeness (QED) is 0.323. The molecular formula is C26H22ClN3O4. The van der Waals surface area contributed by atoms with Gasteiger partial charge >= 0.3 is 0 Å². The highest BCUT2D eigenvalue weighted by Gasteiger charge is 2.10. The van der Waals surface area contributed by atoms with E-state index in [0.29, 0.717) is 40.1 Å². The van der Waals surface area contributed by atoms with Crippen LogP contribution < -0.4 is 20.1 Å². The molecule has 0 aliphatic heterocycles. The Hall–Kier alpha value is -4.28. The molecule has 0 radical (unpaired) electrons. The highest BCUT2D eigenvalue weighted by molar-refractivity contribution is 6.33. The van der Waals surface area contributed by atoms with Crippen LogP contribution in [0.2, 0.25) is 5.02 Å². The molecule has 0 aromatic heterocycles. The summed E-state index contributed by atoms with van der Waals surface area (Å²) in [6.45, 7) is 2.23. The molecule has 0 aliphatic rings. The molecule has 3 aromatic carbocycles. The number of ether oxygens (including phenoxy) is 2. The maximum atomic E-state index is 12.5. The Kier molecular flexibility index (Phi) is 8.67. The van der Waals surface area contributed by atoms with Crippen molar-refractivity contribution in [3.8, 4) is 17.6 Å². The van der Waals surface area contributed by atoms with Crippen molar-refractivity contribution in [1.82, 2.24) is 0 Å². The monoisotopic (exact) mass is 475 g/mol. The average Bonchev–Trinajstić information content (AvgIpc) is 2.84. The largest absolute Gasteiger partial charge is 0.494 e. The van der Waals surface area contributed by atoms with Crippen LogP contribution in [0.5, 0.6) is 11.5 Å². The number of nitriles is 1. The summed E-state index contributed by atoms with van der Waals surface area (Å²) in [6.07, 6.45) is 1.47. The van der Waals surface area contributed by atoms with Crippen LogP contribution in [-0.4, -0.2) is 25.0 Å². The molecule has 0 fully saturated rings. The summed E-state index contributed by atoms with van der Waals surface area (Å²) in [5, 5.41) is 15.2. The van der Waals surface area contributed by atoms with Crippen molar-refractivity contribution in [2.75, 3.05) is 23.8 Å². The first kappa shape index (κ1) is 24.4. The first-order valence-corrected chi connectivity index (χ1v) is 10.8. The van der Waals surface area contributed by atoms with E-state index in [1.54, 1.807) is 72.8 Å². The third-order valence-corrected chi connectivity index (χ3v) is 4.83. The molecule has 0 heterocycles. The number of hydrogen-bond acceptors (Lipinski definition) is 5. The summed E-state index contributed by atoms with van der Waals surface area (Å²) in [7, 11) is 0. The topological polar surface area (TPSA) is 100 Å². The predicted molar refractivity (Wildman–Crippen MR) is 132 cm³/mol. The van der Waals surface area contributed by atoms with Gasteiger partial charge in [0, 0.05) is 5.69 Å². The fourth-order valence-electron chi connectivity index (χ4n) is 2.87. The van der Waals surface area contributed by atoms with Gasteiger partial charge in [0.1, 0.15) is 23.1 Å². The molecule has 0 saturated carbocycles. The van der Waals surface area contributed by atoms with Gasteiger partial charge in [-0.25, -0.2) is 0 Å². The summed E-state index contributed by atoms with van der Waals surface area (Å²) in [4.78, 5) is 24.5. The van der Waals surface area contributed by atoms with Crippen LogP contribution in [-0.2, 0) is 9.59 Å². The lowest BCUT2D eigenvalue weighted by molar-refractivity contribution is -0.118. The molecule has 7 nitrogen and oxygen atoms in total. The molecule has 8 heteroatoms. The number of rotatable bonds is 9. The van der Waals surface area contributed by atoms with Crippen LogP contribution in [0.25, 0.3) is 6.08 Å². The maximum Gasteiger partial charge on any atom is 0.266 e. The molecule has 172 valence electrons. The molecule has 2 N–H and O–H groups in total. The van der Waals surface area contributed by atoms with E-state index in [1.807, 2.05) is 13.0 Å². The summed E-state index contributed by atoms with van der Waals surface area (Å²) >= 11 is 6.02. The molecule has 0 saturated heterocycles. The van der Waals surface area contributed by atoms with E-state index in [4.69, 9.17) is 21.1 Å². The van der Waals surface area contributed by atoms with E-state index in [1.165, 1.54) is 6.08 Å². The number of anilines is 2. The summed E-state index contributed by atoms with van der Waals surface area (Å²) in [5.41, 5.74) is 1.63. The lowest BCUT2D eigenvalue weighted by Crippen LogP contribution is -2.20. The molecule has 3 rings (SSSR count). The van der Waals surface area contributed by atoms with Crippen LogP contribution >= 0.6 is 11.6 Å². The summed E-state index contributed by atoms with van der Waals surface area (Å²) < 4.78 is 10.9. The van der Waals surface area contributed by atoms with Gasteiger partial charge in [0.05, 0.1) is 17.3 Å². The van der Waals surface area contributed by atoms with Crippen LogP contribution in [0, 0.1) is 11.3 Å². The SMILES string of the molecule is CCOc1ccc(NC(=O)/C(C#N)=C/c2ccc(OCC(=O)Nc3ccccc3Cl)cc2)cc1. The number of carbonyl (C=O) groups excluding carboxylic acids is 2. The first-order chi connectivity index (χ1) is 16.5. The Morgan fingerprint density at radius 2 is 1.59 bits per heavy atom. The molecule has 0 unspecified atom stereocenters. The Bertz CT molecular complexity index is 1220. The van der Waals surface area contributed by atoms with Gasteiger partial charge in [-0.2, -0.15) is 5.26 Å². The van der Waals surface area contributed by atoms with Gasteiger partial charge in [0.2, 0.25) is 0 Å². The minimum Gasteiger partial charge on any atom is -0.494 e. The van der Waals surface area contributed by atoms with Crippen LogP contribution in [0.3, 0.4) is 0 Å². The minimum atomic E-state index is -0.525. The summed E-state index contributed by atoms with van der Waals surface area (Å²) in [5.74, 6) is 0.280. The number of hydrogen-bond donors (Lipinski definition) is 2. The second kappa shape index (κ2) is 12.1. The summed E-state index contributed by atoms with van der Waals surface area (Å²) in [6, 6.07) is 22.4. The molecular weight excluding hydrogens is 454 g/mol. The standard InChI is InChI=1S/C26H22ClN3O4/c1-2-33-21-13-9-20(10-14-21)29-26(32)19(16-28)15-18-7-11-22(12-8-18)34-17-25(31)30-24-6-4-3-5-23(24)27/h3-15H,2,17H2,1H3,(H,29,32)(H,30,31)/b19-15+. The fourth-order valence-corrected chi connectivity index (χ4v) is 3.06. The van der Waals surface area contributed by atoms with Crippen molar-refractivity contribution in [1.29, 1.82) is 5.26 Å². The third-order valence-electron chi connectivity index (χ3n) is 4.50. The van der Waals surface area contributed by atoms with E-state index in [9.17, 15) is 14.9 Å². The van der Waals surface area contributed by atoms with Crippen LogP contribution in [0.1, 0.15) is 12.5 Å². The number of nitrogens with one attached hydrogen (secondary N) is 2. The van der Waals surface area contributed by atoms with E-state index >= 15 is 0 Å². The van der Waals surface area contributed by atoms with Crippen LogP contribution in [0.15, 0.2) is 78.4 Å². The smallest absolute Gasteiger partial charge is 0.266 e. The van der Waals surface area contributed by atoms with Crippen molar-refractivity contribution < 1.29 is 19.1 Å². The van der Waals surface area contributed by atoms with Crippen molar-refractivity contribution in [3.05, 3.63) is 89.0 Å². The van der Waals surface area contributed by atoms with Gasteiger partial charge in [-0.1, -0.05) is 35.9 Å². The van der Waals surface area contributed by atoms with E-state index in [0.717, 1.165) is 0 Å². The van der Waals surface area contributed by atoms with Crippen molar-refractivity contribution in [2.24, 2.45) is 0 Å². The maximum absolute atomic E-state index is 12.5. The van der Waals surface area contributed by atoms with Crippen LogP contribution in [0.4, 0.5) is 11.4 Å². The first-order valence-electron chi connectivity index (χ1n) is 10.4. The average molecular weight is 476 g/mol. The van der Waals surface area contributed by atoms with Crippen molar-refractivity contribution >= 4 is 40.9 Å². The van der Waals surface area contributed by atoms with Gasteiger partial charge in [0.25, 0.3) is 11.8 Å². The molecule has 0 atom stereocenters. The lowest BCUT2D eigenvalue weighted by Gasteiger charge is -2.09. The number of para-hydroxylation sites is 1. The lowest BCUT2D eigenvalue weighted by atomic mass is 10.1. The Morgan fingerprint density at radius 3 is 2.24 bits per heavy atom. The van der Waals surface area contributed by atoms with E-state index in [2.05, 4.69) is 10.6 Å². The zero-order valence-electron chi connectivity index (χ0n) is 18.4. The Morgan fingerprint density at radius 1 is 0.941 bits per heavy atom.